The molecule has 5 nitrogen and oxygen atoms in total. The van der Waals surface area contributed by atoms with Crippen LogP contribution in [-0.4, -0.2) is 28.1 Å². The van der Waals surface area contributed by atoms with Gasteiger partial charge < -0.3 is 15.1 Å². The molecule has 0 spiro atoms. The van der Waals surface area contributed by atoms with Crippen molar-refractivity contribution in [2.45, 2.75) is 57.7 Å². The molecule has 2 heterocycles. The van der Waals surface area contributed by atoms with Gasteiger partial charge in [0.05, 0.1) is 6.26 Å². The summed E-state index contributed by atoms with van der Waals surface area (Å²) < 4.78 is 5.04. The summed E-state index contributed by atoms with van der Waals surface area (Å²) in [5.41, 5.74) is 0.0557. The standard InChI is InChI=1S/C15H23N3O2S/c1-14(2)8-10(9-15(3,4)18-14)16-13(21)17-12(19)11-6-5-7-20-11/h5-7,10,18H,8-9H2,1-4H3,(H2,16,17,19,21). The van der Waals surface area contributed by atoms with Gasteiger partial charge in [0, 0.05) is 17.1 Å². The molecule has 1 amide bonds. The third-order valence-corrected chi connectivity index (χ3v) is 3.72. The Morgan fingerprint density at radius 1 is 1.33 bits per heavy atom. The van der Waals surface area contributed by atoms with Crippen molar-refractivity contribution in [3.8, 4) is 0 Å². The second-order valence-electron chi connectivity index (χ2n) is 6.90. The smallest absolute Gasteiger partial charge is 0.293 e. The molecule has 1 aliphatic rings. The first kappa shape index (κ1) is 16.0. The third kappa shape index (κ3) is 4.54. The van der Waals surface area contributed by atoms with Crippen molar-refractivity contribution >= 4 is 23.2 Å². The molecule has 0 unspecified atom stereocenters. The highest BCUT2D eigenvalue weighted by Crippen LogP contribution is 2.28. The molecule has 0 bridgehead atoms. The molecule has 1 aromatic heterocycles. The first-order chi connectivity index (χ1) is 9.67. The van der Waals surface area contributed by atoms with E-state index in [-0.39, 0.29) is 28.8 Å². The van der Waals surface area contributed by atoms with Gasteiger partial charge in [-0.2, -0.15) is 0 Å². The van der Waals surface area contributed by atoms with Gasteiger partial charge in [-0.3, -0.25) is 10.1 Å². The quantitative estimate of drug-likeness (QED) is 0.731. The summed E-state index contributed by atoms with van der Waals surface area (Å²) in [5, 5.41) is 9.85. The van der Waals surface area contributed by atoms with Gasteiger partial charge in [0.2, 0.25) is 0 Å². The number of amides is 1. The van der Waals surface area contributed by atoms with Crippen molar-refractivity contribution in [3.05, 3.63) is 24.2 Å². The lowest BCUT2D eigenvalue weighted by Gasteiger charge is -2.46. The van der Waals surface area contributed by atoms with E-state index in [2.05, 4.69) is 43.6 Å². The normalized spacial score (nSPS) is 20.8. The monoisotopic (exact) mass is 309 g/mol. The van der Waals surface area contributed by atoms with Gasteiger partial charge in [-0.1, -0.05) is 0 Å². The number of rotatable bonds is 2. The lowest BCUT2D eigenvalue weighted by Crippen LogP contribution is -2.62. The van der Waals surface area contributed by atoms with Crippen molar-refractivity contribution in [1.82, 2.24) is 16.0 Å². The molecule has 116 valence electrons. The maximum Gasteiger partial charge on any atom is 0.293 e. The summed E-state index contributed by atoms with van der Waals surface area (Å²) in [7, 11) is 0. The van der Waals surface area contributed by atoms with Crippen molar-refractivity contribution in [1.29, 1.82) is 0 Å². The molecule has 0 saturated carbocycles. The summed E-state index contributed by atoms with van der Waals surface area (Å²) >= 11 is 5.23. The van der Waals surface area contributed by atoms with Crippen LogP contribution in [-0.2, 0) is 0 Å². The number of furan rings is 1. The van der Waals surface area contributed by atoms with Crippen molar-refractivity contribution in [3.63, 3.8) is 0 Å². The molecule has 0 aromatic carbocycles. The zero-order valence-electron chi connectivity index (χ0n) is 12.9. The fraction of sp³-hybridized carbons (Fsp3) is 0.600. The first-order valence-electron chi connectivity index (χ1n) is 7.12. The zero-order chi connectivity index (χ0) is 15.7. The Bertz CT molecular complexity index is 507. The summed E-state index contributed by atoms with van der Waals surface area (Å²) in [6, 6.07) is 3.50. The number of carbonyl (C=O) groups is 1. The first-order valence-corrected chi connectivity index (χ1v) is 7.52. The van der Waals surface area contributed by atoms with E-state index >= 15 is 0 Å². The Labute approximate surface area is 130 Å². The van der Waals surface area contributed by atoms with Crippen LogP contribution in [0.3, 0.4) is 0 Å². The molecule has 2 rings (SSSR count). The summed E-state index contributed by atoms with van der Waals surface area (Å²) in [5.74, 6) is -0.0740. The van der Waals surface area contributed by atoms with Crippen LogP contribution >= 0.6 is 12.2 Å². The van der Waals surface area contributed by atoms with Crippen LogP contribution in [0.2, 0.25) is 0 Å². The highest BCUT2D eigenvalue weighted by molar-refractivity contribution is 7.80. The predicted octanol–water partition coefficient (Wildman–Crippen LogP) is 2.19. The number of carbonyl (C=O) groups excluding carboxylic acids is 1. The minimum atomic E-state index is -0.329. The Morgan fingerprint density at radius 3 is 2.48 bits per heavy atom. The van der Waals surface area contributed by atoms with Gasteiger partial charge in [0.15, 0.2) is 10.9 Å². The van der Waals surface area contributed by atoms with Crippen LogP contribution in [0.1, 0.15) is 51.1 Å². The largest absolute Gasteiger partial charge is 0.459 e. The maximum absolute atomic E-state index is 11.9. The Morgan fingerprint density at radius 2 is 1.95 bits per heavy atom. The van der Waals surface area contributed by atoms with Crippen LogP contribution in [0, 0.1) is 0 Å². The summed E-state index contributed by atoms with van der Waals surface area (Å²) in [6.45, 7) is 8.69. The number of thiocarbonyl (C=S) groups is 1. The van der Waals surface area contributed by atoms with Crippen LogP contribution < -0.4 is 16.0 Å². The van der Waals surface area contributed by atoms with Gasteiger partial charge in [0.25, 0.3) is 5.91 Å². The average molecular weight is 309 g/mol. The number of piperidine rings is 1. The lowest BCUT2D eigenvalue weighted by molar-refractivity contribution is 0.0948. The molecule has 0 radical (unpaired) electrons. The van der Waals surface area contributed by atoms with Gasteiger partial charge in [0.1, 0.15) is 0 Å². The van der Waals surface area contributed by atoms with E-state index in [4.69, 9.17) is 16.6 Å². The number of nitrogens with one attached hydrogen (secondary N) is 3. The Hall–Kier alpha value is -1.40. The molecule has 0 atom stereocenters. The van der Waals surface area contributed by atoms with Crippen molar-refractivity contribution in [2.24, 2.45) is 0 Å². The highest BCUT2D eigenvalue weighted by atomic mass is 32.1. The van der Waals surface area contributed by atoms with Crippen LogP contribution in [0.25, 0.3) is 0 Å². The highest BCUT2D eigenvalue weighted by Gasteiger charge is 2.37. The Balaban J connectivity index is 1.92. The number of hydrogen-bond donors (Lipinski definition) is 3. The molecule has 21 heavy (non-hydrogen) atoms. The van der Waals surface area contributed by atoms with E-state index in [0.717, 1.165) is 12.8 Å². The van der Waals surface area contributed by atoms with Crippen LogP contribution in [0.4, 0.5) is 0 Å². The second kappa shape index (κ2) is 5.77. The molecule has 1 aromatic rings. The molecular weight excluding hydrogens is 286 g/mol. The van der Waals surface area contributed by atoms with E-state index in [1.165, 1.54) is 6.26 Å². The van der Waals surface area contributed by atoms with E-state index in [1.54, 1.807) is 12.1 Å². The van der Waals surface area contributed by atoms with Crippen molar-refractivity contribution in [2.75, 3.05) is 0 Å². The predicted molar refractivity (Wildman–Crippen MR) is 86.2 cm³/mol. The summed E-state index contributed by atoms with van der Waals surface area (Å²) in [6.07, 6.45) is 3.34. The van der Waals surface area contributed by atoms with Crippen LogP contribution in [0.15, 0.2) is 22.8 Å². The zero-order valence-corrected chi connectivity index (χ0v) is 13.8. The topological polar surface area (TPSA) is 66.3 Å². The second-order valence-corrected chi connectivity index (χ2v) is 7.31. The van der Waals surface area contributed by atoms with E-state index < -0.39 is 0 Å². The Kier molecular flexibility index (Phi) is 4.39. The molecule has 3 N–H and O–H groups in total. The molecule has 6 heteroatoms. The van der Waals surface area contributed by atoms with Gasteiger partial charge in [-0.15, -0.1) is 0 Å². The fourth-order valence-corrected chi connectivity index (χ4v) is 3.48. The number of hydrogen-bond acceptors (Lipinski definition) is 4. The molecule has 0 aliphatic carbocycles. The fourth-order valence-electron chi connectivity index (χ4n) is 3.22. The minimum Gasteiger partial charge on any atom is -0.459 e. The van der Waals surface area contributed by atoms with Gasteiger partial charge >= 0.3 is 0 Å². The average Bonchev–Trinajstić information content (AvgIpc) is 2.76. The van der Waals surface area contributed by atoms with Crippen molar-refractivity contribution < 1.29 is 9.21 Å². The van der Waals surface area contributed by atoms with E-state index in [9.17, 15) is 4.79 Å². The maximum atomic E-state index is 11.9. The van der Waals surface area contributed by atoms with Gasteiger partial charge in [-0.25, -0.2) is 0 Å². The SMILES string of the molecule is CC1(C)CC(NC(=S)NC(=O)c2ccco2)CC(C)(C)N1. The molecular formula is C15H23N3O2S. The van der Waals surface area contributed by atoms with Crippen LogP contribution in [0.5, 0.6) is 0 Å². The summed E-state index contributed by atoms with van der Waals surface area (Å²) in [4.78, 5) is 11.9. The third-order valence-electron chi connectivity index (χ3n) is 3.50. The molecule has 1 saturated heterocycles. The van der Waals surface area contributed by atoms with E-state index in [0.29, 0.717) is 5.11 Å². The minimum absolute atomic E-state index is 0.0278. The molecule has 1 aliphatic heterocycles. The lowest BCUT2D eigenvalue weighted by atomic mass is 9.80. The molecule has 1 fully saturated rings. The van der Waals surface area contributed by atoms with Gasteiger partial charge in [-0.05, 0) is 64.9 Å². The van der Waals surface area contributed by atoms with E-state index in [1.807, 2.05) is 0 Å².